The van der Waals surface area contributed by atoms with Crippen LogP contribution in [0.5, 0.6) is 0 Å². The third kappa shape index (κ3) is 1.86. The van der Waals surface area contributed by atoms with Gasteiger partial charge in [-0.05, 0) is 12.8 Å². The summed E-state index contributed by atoms with van der Waals surface area (Å²) in [7, 11) is 0. The molecule has 1 aromatic rings. The zero-order valence-electron chi connectivity index (χ0n) is 6.94. The summed E-state index contributed by atoms with van der Waals surface area (Å²) in [5.41, 5.74) is 2.04. The number of rotatable bonds is 1. The summed E-state index contributed by atoms with van der Waals surface area (Å²) < 4.78 is 1.52. The Labute approximate surface area is 87.6 Å². The Morgan fingerprint density at radius 3 is 3.15 bits per heavy atom. The van der Waals surface area contributed by atoms with Gasteiger partial charge in [0.05, 0.1) is 11.4 Å². The lowest BCUT2D eigenvalue weighted by Crippen LogP contribution is -2.15. The van der Waals surface area contributed by atoms with E-state index >= 15 is 0 Å². The Morgan fingerprint density at radius 1 is 1.69 bits per heavy atom. The van der Waals surface area contributed by atoms with Crippen LogP contribution in [0.3, 0.4) is 0 Å². The van der Waals surface area contributed by atoms with Crippen molar-refractivity contribution in [1.29, 1.82) is 0 Å². The van der Waals surface area contributed by atoms with Gasteiger partial charge in [-0.3, -0.25) is 0 Å². The third-order valence-electron chi connectivity index (χ3n) is 2.31. The van der Waals surface area contributed by atoms with Gasteiger partial charge < -0.3 is 4.79 Å². The molecule has 0 unspecified atom stereocenters. The van der Waals surface area contributed by atoms with E-state index in [9.17, 15) is 4.79 Å². The molecule has 0 aromatic carbocycles. The minimum atomic E-state index is 0. The summed E-state index contributed by atoms with van der Waals surface area (Å²) in [6.45, 7) is 0. The molecule has 0 amide bonds. The van der Waals surface area contributed by atoms with Crippen LogP contribution in [0.25, 0.3) is 0 Å². The molecule has 3 nitrogen and oxygen atoms in total. The average Bonchev–Trinajstić information content (AvgIpc) is 2.47. The van der Waals surface area contributed by atoms with E-state index < -0.39 is 0 Å². The zero-order chi connectivity index (χ0) is 8.55. The van der Waals surface area contributed by atoms with Crippen molar-refractivity contribution in [3.8, 4) is 0 Å². The number of halogens is 2. The molecular weight excluding hydrogens is 211 g/mol. The fourth-order valence-electron chi connectivity index (χ4n) is 1.60. The first-order valence-electron chi connectivity index (χ1n) is 3.98. The largest absolute Gasteiger partial charge is 0.303 e. The molecule has 0 radical (unpaired) electrons. The number of fused-ring (bicyclic) bond motifs is 1. The number of nitrogens with zero attached hydrogens (tertiary/aromatic N) is 2. The second kappa shape index (κ2) is 4.11. The first-order valence-corrected chi connectivity index (χ1v) is 4.31. The molecule has 0 spiro atoms. The highest BCUT2D eigenvalue weighted by molar-refractivity contribution is 6.15. The minimum Gasteiger partial charge on any atom is -0.303 e. The van der Waals surface area contributed by atoms with Gasteiger partial charge in [0.25, 0.3) is 0 Å². The van der Waals surface area contributed by atoms with Gasteiger partial charge in [0, 0.05) is 24.1 Å². The maximum Gasteiger partial charge on any atom is 0.123 e. The van der Waals surface area contributed by atoms with E-state index in [1.807, 2.05) is 0 Å². The predicted molar refractivity (Wildman–Crippen MR) is 52.3 cm³/mol. The summed E-state index contributed by atoms with van der Waals surface area (Å²) in [6, 6.07) is 0. The van der Waals surface area contributed by atoms with Gasteiger partial charge in [-0.25, -0.2) is 9.07 Å². The smallest absolute Gasteiger partial charge is 0.123 e. The highest BCUT2D eigenvalue weighted by atomic mass is 35.5. The van der Waals surface area contributed by atoms with E-state index in [-0.39, 0.29) is 18.3 Å². The maximum absolute atomic E-state index is 10.5. The summed E-state index contributed by atoms with van der Waals surface area (Å²) in [5.74, 6) is 0.143. The van der Waals surface area contributed by atoms with Crippen molar-refractivity contribution >= 4 is 30.5 Å². The summed E-state index contributed by atoms with van der Waals surface area (Å²) in [4.78, 5) is 14.6. The summed E-state index contributed by atoms with van der Waals surface area (Å²) in [5, 5.41) is 0. The van der Waals surface area contributed by atoms with E-state index in [1.165, 1.54) is 4.09 Å². The van der Waals surface area contributed by atoms with Crippen molar-refractivity contribution in [2.75, 3.05) is 0 Å². The molecule has 0 fully saturated rings. The SMILES string of the molecule is Cl.O=C[C@@H]1CCc2c(ncn2Cl)C1. The van der Waals surface area contributed by atoms with E-state index in [2.05, 4.69) is 4.98 Å². The standard InChI is InChI=1S/C8H9ClN2O.ClH/c9-11-5-10-7-3-6(4-12)1-2-8(7)11;/h4-6H,1-3H2;1H/t6-;/m1./s1. The molecule has 72 valence electrons. The molecule has 1 heterocycles. The van der Waals surface area contributed by atoms with Crippen molar-refractivity contribution in [2.24, 2.45) is 5.92 Å². The molecule has 0 bridgehead atoms. The minimum absolute atomic E-state index is 0. The molecule has 13 heavy (non-hydrogen) atoms. The van der Waals surface area contributed by atoms with Gasteiger partial charge in [0.15, 0.2) is 0 Å². The average molecular weight is 221 g/mol. The van der Waals surface area contributed by atoms with Gasteiger partial charge in [0.1, 0.15) is 12.6 Å². The topological polar surface area (TPSA) is 34.9 Å². The zero-order valence-corrected chi connectivity index (χ0v) is 8.51. The molecule has 2 rings (SSSR count). The molecule has 1 aliphatic rings. The molecule has 5 heteroatoms. The van der Waals surface area contributed by atoms with Crippen molar-refractivity contribution in [1.82, 2.24) is 9.07 Å². The van der Waals surface area contributed by atoms with E-state index in [0.29, 0.717) is 0 Å². The van der Waals surface area contributed by atoms with Crippen LogP contribution in [0.1, 0.15) is 17.8 Å². The Balaban J connectivity index is 0.000000845. The highest BCUT2D eigenvalue weighted by Crippen LogP contribution is 2.23. The molecule has 1 aliphatic carbocycles. The van der Waals surface area contributed by atoms with E-state index in [4.69, 9.17) is 11.8 Å². The van der Waals surface area contributed by atoms with Gasteiger partial charge in [-0.15, -0.1) is 12.4 Å². The van der Waals surface area contributed by atoms with Crippen LogP contribution in [-0.4, -0.2) is 15.4 Å². The Kier molecular flexibility index (Phi) is 3.33. The lowest BCUT2D eigenvalue weighted by molar-refractivity contribution is -0.111. The number of carbonyl (C=O) groups excluding carboxylic acids is 1. The van der Waals surface area contributed by atoms with Crippen molar-refractivity contribution in [2.45, 2.75) is 19.3 Å². The van der Waals surface area contributed by atoms with Crippen molar-refractivity contribution in [3.63, 3.8) is 0 Å². The molecular formula is C8H10Cl2N2O. The quantitative estimate of drug-likeness (QED) is 0.675. The summed E-state index contributed by atoms with van der Waals surface area (Å²) in [6.07, 6.45) is 5.12. The maximum atomic E-state index is 10.5. The van der Waals surface area contributed by atoms with Crippen LogP contribution in [-0.2, 0) is 17.6 Å². The van der Waals surface area contributed by atoms with Gasteiger partial charge in [0.2, 0.25) is 0 Å². The molecule has 0 aliphatic heterocycles. The number of hydrogen-bond donors (Lipinski definition) is 0. The third-order valence-corrected chi connectivity index (χ3v) is 2.60. The van der Waals surface area contributed by atoms with Crippen LogP contribution >= 0.6 is 24.2 Å². The van der Waals surface area contributed by atoms with Crippen LogP contribution in [0.2, 0.25) is 0 Å². The van der Waals surface area contributed by atoms with Gasteiger partial charge in [-0.1, -0.05) is 0 Å². The molecule has 0 saturated carbocycles. The molecule has 1 aromatic heterocycles. The number of aldehydes is 1. The second-order valence-electron chi connectivity index (χ2n) is 3.09. The van der Waals surface area contributed by atoms with Crippen LogP contribution < -0.4 is 0 Å². The Bertz CT molecular complexity index is 311. The van der Waals surface area contributed by atoms with Crippen LogP contribution in [0, 0.1) is 5.92 Å². The van der Waals surface area contributed by atoms with Crippen molar-refractivity contribution < 1.29 is 4.79 Å². The molecule has 0 N–H and O–H groups in total. The number of imidazole rings is 1. The normalized spacial score (nSPS) is 20.2. The number of carbonyl (C=O) groups is 1. The van der Waals surface area contributed by atoms with Crippen LogP contribution in [0.15, 0.2) is 6.33 Å². The van der Waals surface area contributed by atoms with Crippen molar-refractivity contribution in [3.05, 3.63) is 17.7 Å². The fourth-order valence-corrected chi connectivity index (χ4v) is 1.82. The monoisotopic (exact) mass is 220 g/mol. The van der Waals surface area contributed by atoms with Gasteiger partial charge in [-0.2, -0.15) is 0 Å². The van der Waals surface area contributed by atoms with E-state index in [1.54, 1.807) is 6.33 Å². The summed E-state index contributed by atoms with van der Waals surface area (Å²) >= 11 is 5.81. The second-order valence-corrected chi connectivity index (χ2v) is 3.45. The fraction of sp³-hybridized carbons (Fsp3) is 0.500. The first kappa shape index (κ1) is 10.5. The molecule has 0 saturated heterocycles. The number of hydrogen-bond acceptors (Lipinski definition) is 2. The highest BCUT2D eigenvalue weighted by Gasteiger charge is 2.21. The predicted octanol–water partition coefficient (Wildman–Crippen LogP) is 1.61. The Hall–Kier alpha value is -0.540. The number of aromatic nitrogens is 2. The van der Waals surface area contributed by atoms with Gasteiger partial charge >= 0.3 is 0 Å². The lowest BCUT2D eigenvalue weighted by atomic mass is 9.91. The van der Waals surface area contributed by atoms with Crippen LogP contribution in [0.4, 0.5) is 0 Å². The first-order chi connectivity index (χ1) is 5.81. The Morgan fingerprint density at radius 2 is 2.46 bits per heavy atom. The van der Waals surface area contributed by atoms with E-state index in [0.717, 1.165) is 36.9 Å². The lowest BCUT2D eigenvalue weighted by Gasteiger charge is -2.15. The molecule has 1 atom stereocenters.